The van der Waals surface area contributed by atoms with Crippen molar-refractivity contribution < 1.29 is 18.0 Å². The standard InChI is InChI=1S/C24H29N3O4S/c28-23(22-14-5-8-17-27(22)24(29)19-10-3-1-4-11-19)25-20-12-9-13-21(18-20)32(30,31)26-15-6-2-7-16-26/h1,3-4,9-13,18,22H,2,5-8,14-17H2,(H,25,28)/t22-/m1/s1. The molecule has 0 saturated carbocycles. The average molecular weight is 456 g/mol. The minimum Gasteiger partial charge on any atom is -0.327 e. The summed E-state index contributed by atoms with van der Waals surface area (Å²) < 4.78 is 27.5. The topological polar surface area (TPSA) is 86.8 Å². The summed E-state index contributed by atoms with van der Waals surface area (Å²) in [6.45, 7) is 1.57. The summed E-state index contributed by atoms with van der Waals surface area (Å²) in [5, 5.41) is 2.85. The lowest BCUT2D eigenvalue weighted by molar-refractivity contribution is -0.121. The molecule has 0 aliphatic carbocycles. The predicted octanol–water partition coefficient (Wildman–Crippen LogP) is 3.49. The van der Waals surface area contributed by atoms with Gasteiger partial charge in [-0.1, -0.05) is 30.7 Å². The zero-order valence-corrected chi connectivity index (χ0v) is 18.9. The zero-order valence-electron chi connectivity index (χ0n) is 18.1. The molecule has 0 aromatic heterocycles. The summed E-state index contributed by atoms with van der Waals surface area (Å²) in [5.41, 5.74) is 0.979. The summed E-state index contributed by atoms with van der Waals surface area (Å²) in [6.07, 6.45) is 5.06. The highest BCUT2D eigenvalue weighted by molar-refractivity contribution is 7.89. The number of nitrogens with zero attached hydrogens (tertiary/aromatic N) is 2. The van der Waals surface area contributed by atoms with Crippen molar-refractivity contribution in [1.29, 1.82) is 0 Å². The molecule has 2 aromatic carbocycles. The number of nitrogens with one attached hydrogen (secondary N) is 1. The van der Waals surface area contributed by atoms with Crippen molar-refractivity contribution in [2.24, 2.45) is 0 Å². The lowest BCUT2D eigenvalue weighted by Crippen LogP contribution is -2.50. The summed E-state index contributed by atoms with van der Waals surface area (Å²) in [5.74, 6) is -0.451. The van der Waals surface area contributed by atoms with Crippen LogP contribution in [0.1, 0.15) is 48.9 Å². The summed E-state index contributed by atoms with van der Waals surface area (Å²) >= 11 is 0. The molecular formula is C24H29N3O4S. The van der Waals surface area contributed by atoms with Gasteiger partial charge in [-0.2, -0.15) is 4.31 Å². The fourth-order valence-electron chi connectivity index (χ4n) is 4.41. The van der Waals surface area contributed by atoms with E-state index in [9.17, 15) is 18.0 Å². The molecule has 2 aliphatic rings. The minimum absolute atomic E-state index is 0.160. The van der Waals surface area contributed by atoms with Crippen LogP contribution in [-0.4, -0.2) is 55.1 Å². The second kappa shape index (κ2) is 9.83. The van der Waals surface area contributed by atoms with Crippen molar-refractivity contribution in [3.63, 3.8) is 0 Å². The van der Waals surface area contributed by atoms with Gasteiger partial charge in [0.15, 0.2) is 0 Å². The van der Waals surface area contributed by atoms with Gasteiger partial charge in [0.2, 0.25) is 15.9 Å². The predicted molar refractivity (Wildman–Crippen MR) is 123 cm³/mol. The molecule has 0 radical (unpaired) electrons. The van der Waals surface area contributed by atoms with Crippen LogP contribution in [-0.2, 0) is 14.8 Å². The fourth-order valence-corrected chi connectivity index (χ4v) is 5.97. The Kier molecular flexibility index (Phi) is 6.91. The van der Waals surface area contributed by atoms with Crippen molar-refractivity contribution in [2.45, 2.75) is 49.5 Å². The molecule has 170 valence electrons. The zero-order chi connectivity index (χ0) is 22.6. The van der Waals surface area contributed by atoms with Gasteiger partial charge in [0, 0.05) is 30.9 Å². The van der Waals surface area contributed by atoms with Gasteiger partial charge in [-0.3, -0.25) is 9.59 Å². The van der Waals surface area contributed by atoms with Gasteiger partial charge in [0.1, 0.15) is 6.04 Å². The normalized spacial score (nSPS) is 20.0. The highest BCUT2D eigenvalue weighted by Crippen LogP contribution is 2.25. The highest BCUT2D eigenvalue weighted by atomic mass is 32.2. The third-order valence-electron chi connectivity index (χ3n) is 6.14. The molecule has 2 amide bonds. The van der Waals surface area contributed by atoms with E-state index in [1.165, 1.54) is 10.4 Å². The molecule has 1 atom stereocenters. The van der Waals surface area contributed by atoms with E-state index < -0.39 is 16.1 Å². The maximum absolute atomic E-state index is 13.1. The SMILES string of the molecule is O=C(Nc1cccc(S(=O)(=O)N2CCCCC2)c1)[C@H]1CCCCN1C(=O)c1ccccc1. The first-order valence-corrected chi connectivity index (χ1v) is 12.7. The lowest BCUT2D eigenvalue weighted by atomic mass is 10.00. The number of hydrogen-bond acceptors (Lipinski definition) is 4. The van der Waals surface area contributed by atoms with Crippen LogP contribution in [0.5, 0.6) is 0 Å². The molecular weight excluding hydrogens is 426 g/mol. The molecule has 2 aliphatic heterocycles. The van der Waals surface area contributed by atoms with E-state index in [0.717, 1.165) is 32.1 Å². The molecule has 2 fully saturated rings. The van der Waals surface area contributed by atoms with E-state index >= 15 is 0 Å². The van der Waals surface area contributed by atoms with Crippen LogP contribution >= 0.6 is 0 Å². The van der Waals surface area contributed by atoms with Gasteiger partial charge in [-0.25, -0.2) is 8.42 Å². The number of hydrogen-bond donors (Lipinski definition) is 1. The van der Waals surface area contributed by atoms with Crippen LogP contribution in [0.15, 0.2) is 59.5 Å². The van der Waals surface area contributed by atoms with Gasteiger partial charge in [-0.05, 0) is 62.4 Å². The molecule has 1 N–H and O–H groups in total. The molecule has 4 rings (SSSR count). The Labute approximate surface area is 189 Å². The first kappa shape index (κ1) is 22.5. The Balaban J connectivity index is 1.50. The van der Waals surface area contributed by atoms with Crippen molar-refractivity contribution in [1.82, 2.24) is 9.21 Å². The molecule has 2 heterocycles. The second-order valence-electron chi connectivity index (χ2n) is 8.36. The van der Waals surface area contributed by atoms with Gasteiger partial charge < -0.3 is 10.2 Å². The van der Waals surface area contributed by atoms with Crippen LogP contribution in [0.3, 0.4) is 0 Å². The van der Waals surface area contributed by atoms with Crippen LogP contribution in [0, 0.1) is 0 Å². The van der Waals surface area contributed by atoms with Crippen molar-refractivity contribution in [2.75, 3.05) is 25.0 Å². The minimum atomic E-state index is -3.59. The van der Waals surface area contributed by atoms with E-state index in [1.54, 1.807) is 47.4 Å². The van der Waals surface area contributed by atoms with Crippen molar-refractivity contribution in [3.05, 3.63) is 60.2 Å². The molecule has 0 unspecified atom stereocenters. The van der Waals surface area contributed by atoms with E-state index in [2.05, 4.69) is 5.32 Å². The largest absolute Gasteiger partial charge is 0.327 e. The number of rotatable bonds is 5. The van der Waals surface area contributed by atoms with Gasteiger partial charge in [-0.15, -0.1) is 0 Å². The van der Waals surface area contributed by atoms with Crippen LogP contribution < -0.4 is 5.32 Å². The number of likely N-dealkylation sites (tertiary alicyclic amines) is 1. The van der Waals surface area contributed by atoms with E-state index in [0.29, 0.717) is 37.3 Å². The Morgan fingerprint density at radius 3 is 2.31 bits per heavy atom. The Bertz CT molecular complexity index is 1070. The Morgan fingerprint density at radius 1 is 0.844 bits per heavy atom. The van der Waals surface area contributed by atoms with E-state index in [4.69, 9.17) is 0 Å². The number of amides is 2. The molecule has 0 spiro atoms. The van der Waals surface area contributed by atoms with Crippen molar-refractivity contribution in [3.8, 4) is 0 Å². The molecule has 32 heavy (non-hydrogen) atoms. The van der Waals surface area contributed by atoms with Gasteiger partial charge in [0.05, 0.1) is 4.90 Å². The first-order valence-electron chi connectivity index (χ1n) is 11.2. The smallest absolute Gasteiger partial charge is 0.254 e. The summed E-state index contributed by atoms with van der Waals surface area (Å²) in [6, 6.07) is 14.8. The number of benzene rings is 2. The number of carbonyl (C=O) groups is 2. The monoisotopic (exact) mass is 455 g/mol. The fraction of sp³-hybridized carbons (Fsp3) is 0.417. The quantitative estimate of drug-likeness (QED) is 0.748. The number of piperidine rings is 2. The highest BCUT2D eigenvalue weighted by Gasteiger charge is 2.33. The van der Waals surface area contributed by atoms with Gasteiger partial charge >= 0.3 is 0 Å². The Morgan fingerprint density at radius 2 is 1.56 bits per heavy atom. The lowest BCUT2D eigenvalue weighted by Gasteiger charge is -2.34. The molecule has 7 nitrogen and oxygen atoms in total. The maximum Gasteiger partial charge on any atom is 0.254 e. The third kappa shape index (κ3) is 4.86. The molecule has 2 aromatic rings. The molecule has 8 heteroatoms. The molecule has 0 bridgehead atoms. The maximum atomic E-state index is 13.1. The van der Waals surface area contributed by atoms with Crippen molar-refractivity contribution >= 4 is 27.5 Å². The first-order chi connectivity index (χ1) is 15.5. The van der Waals surface area contributed by atoms with Crippen LogP contribution in [0.2, 0.25) is 0 Å². The number of sulfonamides is 1. The third-order valence-corrected chi connectivity index (χ3v) is 8.04. The Hall–Kier alpha value is -2.71. The van der Waals surface area contributed by atoms with Gasteiger partial charge in [0.25, 0.3) is 5.91 Å². The van der Waals surface area contributed by atoms with E-state index in [-0.39, 0.29) is 16.7 Å². The molecule has 2 saturated heterocycles. The number of carbonyl (C=O) groups excluding carboxylic acids is 2. The summed E-state index contributed by atoms with van der Waals surface area (Å²) in [4.78, 5) is 27.9. The number of anilines is 1. The summed E-state index contributed by atoms with van der Waals surface area (Å²) in [7, 11) is -3.59. The van der Waals surface area contributed by atoms with Crippen LogP contribution in [0.25, 0.3) is 0 Å². The average Bonchev–Trinajstić information content (AvgIpc) is 2.85. The van der Waals surface area contributed by atoms with E-state index in [1.807, 2.05) is 6.07 Å². The second-order valence-corrected chi connectivity index (χ2v) is 10.3. The van der Waals surface area contributed by atoms with Crippen LogP contribution in [0.4, 0.5) is 5.69 Å².